The van der Waals surface area contributed by atoms with Gasteiger partial charge in [-0.15, -0.1) is 0 Å². The van der Waals surface area contributed by atoms with Crippen molar-refractivity contribution in [2.75, 3.05) is 0 Å². The average molecular weight is 406 g/mol. The molecule has 2 aliphatic rings. The molecule has 1 unspecified atom stereocenters. The summed E-state index contributed by atoms with van der Waals surface area (Å²) in [5.41, 5.74) is 0.248. The summed E-state index contributed by atoms with van der Waals surface area (Å²) in [4.78, 5) is 48.3. The van der Waals surface area contributed by atoms with Crippen LogP contribution in [0.5, 0.6) is 0 Å². The van der Waals surface area contributed by atoms with Gasteiger partial charge in [-0.3, -0.25) is 29.9 Å². The van der Waals surface area contributed by atoms with Crippen LogP contribution in [0.25, 0.3) is 6.08 Å². The molecular formula is C15H10N4O6S2. The molecule has 1 atom stereocenters. The van der Waals surface area contributed by atoms with Crippen molar-refractivity contribution in [3.05, 3.63) is 51.7 Å². The van der Waals surface area contributed by atoms with Gasteiger partial charge in [-0.05, 0) is 23.8 Å². The topological polar surface area (TPSA) is 143 Å². The van der Waals surface area contributed by atoms with E-state index in [9.17, 15) is 24.4 Å². The fourth-order valence-corrected chi connectivity index (χ4v) is 3.39. The van der Waals surface area contributed by atoms with Crippen LogP contribution in [0.3, 0.4) is 0 Å². The number of carbonyl (C=O) groups is 4. The van der Waals surface area contributed by atoms with Crippen LogP contribution in [0.15, 0.2) is 40.9 Å². The molecule has 5 amide bonds. The van der Waals surface area contributed by atoms with Gasteiger partial charge in [-0.25, -0.2) is 10.0 Å². The number of quaternary nitrogens is 1. The number of thiocarbonyl (C=S) groups is 1. The summed E-state index contributed by atoms with van der Waals surface area (Å²) in [6, 6.07) is 4.90. The first-order chi connectivity index (χ1) is 12.8. The molecule has 0 aromatic heterocycles. The summed E-state index contributed by atoms with van der Waals surface area (Å²) in [6.45, 7) is 0. The number of hydrogen-bond donors (Lipinski definition) is 4. The van der Waals surface area contributed by atoms with E-state index in [1.165, 1.54) is 30.3 Å². The van der Waals surface area contributed by atoms with Gasteiger partial charge in [0.1, 0.15) is 5.57 Å². The van der Waals surface area contributed by atoms with E-state index < -0.39 is 34.6 Å². The number of urea groups is 1. The second-order valence-electron chi connectivity index (χ2n) is 5.26. The summed E-state index contributed by atoms with van der Waals surface area (Å²) in [7, 11) is 0. The van der Waals surface area contributed by atoms with E-state index >= 15 is 0 Å². The number of imide groups is 2. The maximum Gasteiger partial charge on any atom is 0.328 e. The number of nitrogens with zero attached hydrogens (tertiary/aromatic N) is 1. The van der Waals surface area contributed by atoms with E-state index in [1.54, 1.807) is 0 Å². The fraction of sp³-hybridized carbons (Fsp3) is 0. The first-order valence-electron chi connectivity index (χ1n) is 7.25. The molecule has 3 rings (SSSR count). The second kappa shape index (κ2) is 7.38. The Hall–Kier alpha value is -2.90. The monoisotopic (exact) mass is 406 g/mol. The van der Waals surface area contributed by atoms with Crippen molar-refractivity contribution in [2.24, 2.45) is 0 Å². The predicted octanol–water partition coefficient (Wildman–Crippen LogP) is -0.459. The normalized spacial score (nSPS) is 20.1. The van der Waals surface area contributed by atoms with E-state index in [-0.39, 0.29) is 14.9 Å². The molecule has 0 spiro atoms. The predicted molar refractivity (Wildman–Crippen MR) is 97.0 cm³/mol. The van der Waals surface area contributed by atoms with Crippen LogP contribution in [0.4, 0.5) is 10.5 Å². The van der Waals surface area contributed by atoms with Gasteiger partial charge in [-0.1, -0.05) is 24.0 Å². The van der Waals surface area contributed by atoms with Crippen LogP contribution >= 0.6 is 24.0 Å². The third kappa shape index (κ3) is 3.94. The molecule has 1 aromatic rings. The Morgan fingerprint density at radius 1 is 1.11 bits per heavy atom. The van der Waals surface area contributed by atoms with Gasteiger partial charge >= 0.3 is 6.03 Å². The minimum atomic E-state index is -1.07. The number of benzene rings is 1. The summed E-state index contributed by atoms with van der Waals surface area (Å²) < 4.78 is 0.0957. The van der Waals surface area contributed by atoms with Crippen molar-refractivity contribution in [3.63, 3.8) is 0 Å². The maximum absolute atomic E-state index is 12.5. The molecule has 1 aromatic carbocycles. The Labute approximate surface area is 161 Å². The Bertz CT molecular complexity index is 916. The van der Waals surface area contributed by atoms with E-state index in [2.05, 4.69) is 0 Å². The smallest absolute Gasteiger partial charge is 0.328 e. The largest absolute Gasteiger partial charge is 0.595 e. The third-order valence-corrected chi connectivity index (χ3v) is 4.81. The highest BCUT2D eigenvalue weighted by Crippen LogP contribution is 2.33. The molecular weight excluding hydrogens is 396 g/mol. The van der Waals surface area contributed by atoms with Crippen molar-refractivity contribution < 1.29 is 29.6 Å². The molecule has 2 fully saturated rings. The van der Waals surface area contributed by atoms with Gasteiger partial charge in [0.25, 0.3) is 17.7 Å². The first-order valence-corrected chi connectivity index (χ1v) is 8.47. The SMILES string of the molecule is O=C1NC(=O)C(=CN2C(=O)/C(=C\c3ccc([NH+]([O-])O)cc3)SC2=S)C(=O)N1. The van der Waals surface area contributed by atoms with Crippen LogP contribution in [-0.2, 0) is 14.4 Å². The molecule has 10 nitrogen and oxygen atoms in total. The lowest BCUT2D eigenvalue weighted by Gasteiger charge is -2.16. The van der Waals surface area contributed by atoms with Crippen LogP contribution < -0.4 is 15.9 Å². The zero-order valence-electron chi connectivity index (χ0n) is 13.2. The molecule has 27 heavy (non-hydrogen) atoms. The van der Waals surface area contributed by atoms with Gasteiger partial charge < -0.3 is 5.21 Å². The lowest BCUT2D eigenvalue weighted by molar-refractivity contribution is -0.991. The highest BCUT2D eigenvalue weighted by molar-refractivity contribution is 8.26. The first kappa shape index (κ1) is 18.9. The Morgan fingerprint density at radius 2 is 1.70 bits per heavy atom. The van der Waals surface area contributed by atoms with Gasteiger partial charge in [0.15, 0.2) is 10.0 Å². The molecule has 138 valence electrons. The molecule has 4 N–H and O–H groups in total. The highest BCUT2D eigenvalue weighted by Gasteiger charge is 2.35. The highest BCUT2D eigenvalue weighted by atomic mass is 32.2. The fourth-order valence-electron chi connectivity index (χ4n) is 2.19. The Morgan fingerprint density at radius 3 is 2.26 bits per heavy atom. The van der Waals surface area contributed by atoms with Crippen molar-refractivity contribution >= 4 is 63.8 Å². The summed E-state index contributed by atoms with van der Waals surface area (Å²) in [6.07, 6.45) is 2.48. The van der Waals surface area contributed by atoms with Gasteiger partial charge in [0, 0.05) is 18.3 Å². The van der Waals surface area contributed by atoms with Crippen LogP contribution in [0, 0.1) is 5.21 Å². The van der Waals surface area contributed by atoms with Gasteiger partial charge in [0.05, 0.1) is 4.91 Å². The van der Waals surface area contributed by atoms with Crippen LogP contribution in [0.1, 0.15) is 5.56 Å². The van der Waals surface area contributed by atoms with Crippen molar-refractivity contribution in [2.45, 2.75) is 0 Å². The molecule has 0 bridgehead atoms. The number of amides is 5. The number of rotatable bonds is 3. The van der Waals surface area contributed by atoms with E-state index in [4.69, 9.17) is 17.4 Å². The molecule has 2 saturated heterocycles. The number of nitrogens with one attached hydrogen (secondary N) is 3. The molecule has 0 radical (unpaired) electrons. The standard InChI is InChI=1S/C15H10N4O6S2/c20-11-9(12(21)17-14(23)16-11)6-18-13(22)10(27-15(18)26)5-7-1-3-8(4-2-7)19(24)25/h1-6,19,24H,(H2,16,17,20,21,23)/b10-5+. The summed E-state index contributed by atoms with van der Waals surface area (Å²) in [5, 5.41) is 22.5. The lowest BCUT2D eigenvalue weighted by Crippen LogP contribution is -2.99. The zero-order chi connectivity index (χ0) is 19.7. The molecule has 2 aliphatic heterocycles. The lowest BCUT2D eigenvalue weighted by atomic mass is 10.2. The number of carbonyl (C=O) groups excluding carboxylic acids is 4. The minimum absolute atomic E-state index is 0.0957. The van der Waals surface area contributed by atoms with Crippen LogP contribution in [0.2, 0.25) is 0 Å². The number of hydrogen-bond acceptors (Lipinski definition) is 8. The van der Waals surface area contributed by atoms with Gasteiger partial charge in [0.2, 0.25) is 0 Å². The number of thioether (sulfide) groups is 1. The molecule has 0 aliphatic carbocycles. The van der Waals surface area contributed by atoms with Crippen molar-refractivity contribution in [3.8, 4) is 0 Å². The minimum Gasteiger partial charge on any atom is -0.595 e. The maximum atomic E-state index is 12.5. The van der Waals surface area contributed by atoms with Gasteiger partial charge in [-0.2, -0.15) is 5.23 Å². The van der Waals surface area contributed by atoms with Crippen molar-refractivity contribution in [1.29, 1.82) is 0 Å². The Balaban J connectivity index is 1.84. The third-order valence-electron chi connectivity index (χ3n) is 3.48. The molecule has 2 heterocycles. The van der Waals surface area contributed by atoms with Crippen LogP contribution in [-0.4, -0.2) is 38.2 Å². The van der Waals surface area contributed by atoms with E-state index in [0.29, 0.717) is 5.56 Å². The summed E-state index contributed by atoms with van der Waals surface area (Å²) in [5.74, 6) is -2.44. The quantitative estimate of drug-likeness (QED) is 0.229. The zero-order valence-corrected chi connectivity index (χ0v) is 14.8. The van der Waals surface area contributed by atoms with Crippen molar-refractivity contribution in [1.82, 2.24) is 15.5 Å². The average Bonchev–Trinajstić information content (AvgIpc) is 2.85. The van der Waals surface area contributed by atoms with E-state index in [0.717, 1.165) is 22.9 Å². The summed E-state index contributed by atoms with van der Waals surface area (Å²) >= 11 is 6.07. The molecule has 12 heteroatoms. The second-order valence-corrected chi connectivity index (χ2v) is 6.93. The van der Waals surface area contributed by atoms with E-state index in [1.807, 2.05) is 10.6 Å². The Kier molecular flexibility index (Phi) is 5.16. The number of barbiturate groups is 1. The molecule has 0 saturated carbocycles.